The molecular weight excluding hydrogens is 368 g/mol. The number of nitrogens with zero attached hydrogens (tertiary/aromatic N) is 1. The van der Waals surface area contributed by atoms with Crippen LogP contribution in [-0.2, 0) is 18.7 Å². The van der Waals surface area contributed by atoms with Gasteiger partial charge in [-0.3, -0.25) is 23.7 Å². The standard InChI is InChI=1S/C11H15NO10P2/c1-5-3-2-4-6(12-5)7(8(10(13)14)23(17,18)19)9(11(15)16)24(20,21)22/h2-4,7-9H,1H3,(H,13,14)(H,15,16)(H2,17,18,19)(H2,20,21,22). The molecule has 2 atom stereocenters. The van der Waals surface area contributed by atoms with E-state index in [2.05, 4.69) is 4.98 Å². The van der Waals surface area contributed by atoms with Crippen LogP contribution in [0, 0.1) is 6.92 Å². The minimum Gasteiger partial charge on any atom is -0.481 e. The molecule has 0 fully saturated rings. The van der Waals surface area contributed by atoms with Gasteiger partial charge in [0.1, 0.15) is 0 Å². The zero-order chi connectivity index (χ0) is 18.9. The molecule has 0 saturated carbocycles. The first-order chi connectivity index (χ1) is 10.8. The molecule has 0 saturated heterocycles. The molecule has 134 valence electrons. The molecule has 0 spiro atoms. The number of aromatic nitrogens is 1. The van der Waals surface area contributed by atoms with Crippen molar-refractivity contribution < 1.29 is 48.5 Å². The molecule has 2 unspecified atom stereocenters. The van der Waals surface area contributed by atoms with Gasteiger partial charge < -0.3 is 29.8 Å². The van der Waals surface area contributed by atoms with Crippen molar-refractivity contribution in [1.29, 1.82) is 0 Å². The van der Waals surface area contributed by atoms with E-state index in [1.165, 1.54) is 19.1 Å². The fourth-order valence-corrected chi connectivity index (χ4v) is 4.46. The van der Waals surface area contributed by atoms with Gasteiger partial charge in [0.05, 0.1) is 5.92 Å². The summed E-state index contributed by atoms with van der Waals surface area (Å²) in [5.74, 6) is -6.45. The molecule has 24 heavy (non-hydrogen) atoms. The fourth-order valence-electron chi connectivity index (χ4n) is 2.26. The molecule has 6 N–H and O–H groups in total. The highest BCUT2D eigenvalue weighted by Crippen LogP contribution is 2.56. The van der Waals surface area contributed by atoms with Gasteiger partial charge in [0.2, 0.25) is 0 Å². The molecular formula is C11H15NO10P2. The zero-order valence-corrected chi connectivity index (χ0v) is 13.9. The summed E-state index contributed by atoms with van der Waals surface area (Å²) in [5, 5.41) is 18.3. The number of carboxylic acid groups (broad SMARTS) is 2. The van der Waals surface area contributed by atoms with Crippen LogP contribution in [-0.4, -0.2) is 58.0 Å². The number of hydrogen-bond donors (Lipinski definition) is 6. The van der Waals surface area contributed by atoms with Crippen molar-refractivity contribution in [2.24, 2.45) is 0 Å². The van der Waals surface area contributed by atoms with Crippen molar-refractivity contribution in [3.05, 3.63) is 29.6 Å². The molecule has 1 aromatic heterocycles. The maximum atomic E-state index is 11.6. The van der Waals surface area contributed by atoms with Gasteiger partial charge in [-0.1, -0.05) is 6.07 Å². The van der Waals surface area contributed by atoms with Crippen LogP contribution in [0.25, 0.3) is 0 Å². The summed E-state index contributed by atoms with van der Waals surface area (Å²) >= 11 is 0. The van der Waals surface area contributed by atoms with Crippen molar-refractivity contribution in [2.45, 2.75) is 24.2 Å². The predicted octanol–water partition coefficient (Wildman–Crippen LogP) is -0.265. The van der Waals surface area contributed by atoms with E-state index in [1.54, 1.807) is 0 Å². The number of carbonyl (C=O) groups is 2. The maximum Gasteiger partial charge on any atom is 0.340 e. The van der Waals surface area contributed by atoms with Crippen LogP contribution in [0.15, 0.2) is 18.2 Å². The summed E-state index contributed by atoms with van der Waals surface area (Å²) in [4.78, 5) is 63.7. The van der Waals surface area contributed by atoms with E-state index in [-0.39, 0.29) is 5.69 Å². The van der Waals surface area contributed by atoms with E-state index < -0.39 is 50.1 Å². The van der Waals surface area contributed by atoms with E-state index >= 15 is 0 Å². The van der Waals surface area contributed by atoms with Gasteiger partial charge >= 0.3 is 27.1 Å². The lowest BCUT2D eigenvalue weighted by Gasteiger charge is -2.29. The molecule has 0 aliphatic rings. The summed E-state index contributed by atoms with van der Waals surface area (Å²) in [6.45, 7) is 1.43. The SMILES string of the molecule is Cc1cccc(C(C(C(=O)O)P(=O)(O)O)C(C(=O)O)P(=O)(O)O)n1. The van der Waals surface area contributed by atoms with E-state index in [1.807, 2.05) is 0 Å². The third kappa shape index (κ3) is 4.70. The average Bonchev–Trinajstić information content (AvgIpc) is 2.33. The maximum absolute atomic E-state index is 11.6. The Balaban J connectivity index is 3.75. The lowest BCUT2D eigenvalue weighted by molar-refractivity contribution is -0.139. The topological polar surface area (TPSA) is 203 Å². The van der Waals surface area contributed by atoms with Gasteiger partial charge in [0, 0.05) is 11.4 Å². The Labute approximate surface area is 135 Å². The van der Waals surface area contributed by atoms with Gasteiger partial charge in [-0.2, -0.15) is 0 Å². The molecule has 0 radical (unpaired) electrons. The Morgan fingerprint density at radius 2 is 1.38 bits per heavy atom. The smallest absolute Gasteiger partial charge is 0.340 e. The van der Waals surface area contributed by atoms with Crippen LogP contribution >= 0.6 is 15.2 Å². The van der Waals surface area contributed by atoms with Gasteiger partial charge in [-0.05, 0) is 19.1 Å². The van der Waals surface area contributed by atoms with E-state index in [9.17, 15) is 38.3 Å². The van der Waals surface area contributed by atoms with E-state index in [4.69, 9.17) is 10.2 Å². The second-order valence-corrected chi connectivity index (χ2v) is 8.44. The Morgan fingerprint density at radius 3 is 1.67 bits per heavy atom. The molecule has 0 amide bonds. The number of aliphatic carboxylic acids is 2. The number of carboxylic acids is 2. The molecule has 1 heterocycles. The predicted molar refractivity (Wildman–Crippen MR) is 78.7 cm³/mol. The third-order valence-electron chi connectivity index (χ3n) is 3.16. The van der Waals surface area contributed by atoms with Crippen LogP contribution in [0.1, 0.15) is 17.3 Å². The molecule has 11 nitrogen and oxygen atoms in total. The molecule has 0 aliphatic heterocycles. The summed E-state index contributed by atoms with van der Waals surface area (Å²) in [7, 11) is -11.0. The molecule has 0 aliphatic carbocycles. The highest BCUT2D eigenvalue weighted by molar-refractivity contribution is 7.55. The zero-order valence-electron chi connectivity index (χ0n) is 12.1. The second-order valence-electron chi connectivity index (χ2n) is 4.97. The summed E-state index contributed by atoms with van der Waals surface area (Å²) in [5.41, 5.74) is -5.61. The van der Waals surface area contributed by atoms with Gasteiger partial charge in [0.25, 0.3) is 0 Å². The summed E-state index contributed by atoms with van der Waals surface area (Å²) in [6.07, 6.45) is 0. The van der Waals surface area contributed by atoms with Gasteiger partial charge in [-0.15, -0.1) is 0 Å². The molecule has 13 heteroatoms. The van der Waals surface area contributed by atoms with Crippen molar-refractivity contribution in [3.8, 4) is 0 Å². The van der Waals surface area contributed by atoms with Crippen LogP contribution in [0.4, 0.5) is 0 Å². The van der Waals surface area contributed by atoms with Crippen LogP contribution < -0.4 is 0 Å². The number of hydrogen-bond acceptors (Lipinski definition) is 5. The first-order valence-corrected chi connectivity index (χ1v) is 9.62. The lowest BCUT2D eigenvalue weighted by atomic mass is 9.95. The van der Waals surface area contributed by atoms with Gasteiger partial charge in [-0.25, -0.2) is 0 Å². The van der Waals surface area contributed by atoms with Gasteiger partial charge in [0.15, 0.2) is 11.3 Å². The van der Waals surface area contributed by atoms with Crippen LogP contribution in [0.2, 0.25) is 0 Å². The average molecular weight is 383 g/mol. The minimum absolute atomic E-state index is 0.238. The molecule has 0 bridgehead atoms. The Kier molecular flexibility index (Phi) is 6.05. The Bertz CT molecular complexity index is 698. The van der Waals surface area contributed by atoms with E-state index in [0.29, 0.717) is 0 Å². The van der Waals surface area contributed by atoms with E-state index in [0.717, 1.165) is 6.07 Å². The first kappa shape index (κ1) is 20.4. The van der Waals surface area contributed by atoms with Crippen molar-refractivity contribution in [1.82, 2.24) is 4.98 Å². The number of pyridine rings is 1. The van der Waals surface area contributed by atoms with Crippen molar-refractivity contribution in [3.63, 3.8) is 0 Å². The van der Waals surface area contributed by atoms with Crippen molar-refractivity contribution in [2.75, 3.05) is 0 Å². The summed E-state index contributed by atoms with van der Waals surface area (Å²) in [6, 6.07) is 3.78. The monoisotopic (exact) mass is 383 g/mol. The molecule has 1 rings (SSSR count). The third-order valence-corrected chi connectivity index (χ3v) is 5.70. The minimum atomic E-state index is -5.48. The second kappa shape index (κ2) is 7.10. The highest BCUT2D eigenvalue weighted by Gasteiger charge is 2.55. The molecule has 0 aromatic carbocycles. The van der Waals surface area contributed by atoms with Crippen LogP contribution in [0.5, 0.6) is 0 Å². The van der Waals surface area contributed by atoms with Crippen LogP contribution in [0.3, 0.4) is 0 Å². The normalized spacial score (nSPS) is 16.2. The lowest BCUT2D eigenvalue weighted by Crippen LogP contribution is -2.40. The fraction of sp³-hybridized carbons (Fsp3) is 0.364. The first-order valence-electron chi connectivity index (χ1n) is 6.26. The Morgan fingerprint density at radius 1 is 0.958 bits per heavy atom. The largest absolute Gasteiger partial charge is 0.481 e. The molecule has 1 aromatic rings. The van der Waals surface area contributed by atoms with Crippen molar-refractivity contribution >= 4 is 27.1 Å². The summed E-state index contributed by atoms with van der Waals surface area (Å²) < 4.78 is 23.1. The number of rotatable bonds is 7. The quantitative estimate of drug-likeness (QED) is 0.338. The number of aryl methyl sites for hydroxylation is 1. The highest BCUT2D eigenvalue weighted by atomic mass is 31.2. The Hall–Kier alpha value is -1.61.